The molecule has 0 radical (unpaired) electrons. The first-order chi connectivity index (χ1) is 8.69. The summed E-state index contributed by atoms with van der Waals surface area (Å²) in [4.78, 5) is 24.8. The van der Waals surface area contributed by atoms with Gasteiger partial charge in [-0.25, -0.2) is 0 Å². The molecule has 0 spiro atoms. The third kappa shape index (κ3) is 4.62. The smallest absolute Gasteiger partial charge is 0.307 e. The van der Waals surface area contributed by atoms with Crippen LogP contribution in [-0.4, -0.2) is 60.9 Å². The number of ether oxygens (including phenoxy) is 2. The molecule has 0 aromatic rings. The Morgan fingerprint density at radius 1 is 1.44 bits per heavy atom. The van der Waals surface area contributed by atoms with Crippen LogP contribution >= 0.6 is 0 Å². The van der Waals surface area contributed by atoms with Crippen LogP contribution in [0.25, 0.3) is 0 Å². The summed E-state index contributed by atoms with van der Waals surface area (Å²) in [7, 11) is 0. The maximum absolute atomic E-state index is 12.0. The van der Waals surface area contributed by atoms with Gasteiger partial charge in [0.05, 0.1) is 19.6 Å². The summed E-state index contributed by atoms with van der Waals surface area (Å²) in [5.74, 6) is -0.480. The van der Waals surface area contributed by atoms with E-state index < -0.39 is 6.10 Å². The molecule has 104 valence electrons. The molecule has 6 heteroatoms. The van der Waals surface area contributed by atoms with Crippen LogP contribution in [0, 0.1) is 0 Å². The Morgan fingerprint density at radius 2 is 2.22 bits per heavy atom. The van der Waals surface area contributed by atoms with E-state index in [2.05, 4.69) is 0 Å². The number of hydrogen-bond donors (Lipinski definition) is 1. The SMILES string of the molecule is CCOC(=O)CCN(CCO)C(=O)C1CCCO1. The maximum atomic E-state index is 12.0. The van der Waals surface area contributed by atoms with Crippen molar-refractivity contribution in [2.75, 3.05) is 32.9 Å². The largest absolute Gasteiger partial charge is 0.466 e. The first-order valence-electron chi connectivity index (χ1n) is 6.36. The molecule has 1 unspecified atom stereocenters. The summed E-state index contributed by atoms with van der Waals surface area (Å²) in [5.41, 5.74) is 0. The van der Waals surface area contributed by atoms with Crippen molar-refractivity contribution in [2.24, 2.45) is 0 Å². The van der Waals surface area contributed by atoms with E-state index in [1.807, 2.05) is 0 Å². The number of nitrogens with zero attached hydrogens (tertiary/aromatic N) is 1. The van der Waals surface area contributed by atoms with Gasteiger partial charge in [-0.05, 0) is 19.8 Å². The second-order valence-electron chi connectivity index (χ2n) is 4.11. The molecule has 1 saturated heterocycles. The molecule has 18 heavy (non-hydrogen) atoms. The van der Waals surface area contributed by atoms with E-state index in [1.165, 1.54) is 4.90 Å². The van der Waals surface area contributed by atoms with Gasteiger partial charge >= 0.3 is 5.97 Å². The molecule has 6 nitrogen and oxygen atoms in total. The highest BCUT2D eigenvalue weighted by Gasteiger charge is 2.28. The number of amides is 1. The Labute approximate surface area is 107 Å². The second kappa shape index (κ2) is 8.05. The quantitative estimate of drug-likeness (QED) is 0.648. The number of rotatable bonds is 7. The van der Waals surface area contributed by atoms with E-state index in [0.717, 1.165) is 6.42 Å². The molecule has 0 aromatic heterocycles. The van der Waals surface area contributed by atoms with Crippen molar-refractivity contribution in [2.45, 2.75) is 32.3 Å². The number of aliphatic hydroxyl groups excluding tert-OH is 1. The van der Waals surface area contributed by atoms with Gasteiger partial charge in [-0.2, -0.15) is 0 Å². The van der Waals surface area contributed by atoms with Crippen molar-refractivity contribution in [1.82, 2.24) is 4.90 Å². The van der Waals surface area contributed by atoms with Crippen LogP contribution < -0.4 is 0 Å². The number of carbonyl (C=O) groups excluding carboxylic acids is 2. The van der Waals surface area contributed by atoms with Crippen molar-refractivity contribution in [1.29, 1.82) is 0 Å². The van der Waals surface area contributed by atoms with Crippen LogP contribution in [0.2, 0.25) is 0 Å². The van der Waals surface area contributed by atoms with Crippen molar-refractivity contribution in [3.05, 3.63) is 0 Å². The van der Waals surface area contributed by atoms with E-state index in [9.17, 15) is 9.59 Å². The van der Waals surface area contributed by atoms with E-state index in [-0.39, 0.29) is 38.0 Å². The van der Waals surface area contributed by atoms with Gasteiger partial charge < -0.3 is 19.5 Å². The van der Waals surface area contributed by atoms with Gasteiger partial charge in [-0.1, -0.05) is 0 Å². The highest BCUT2D eigenvalue weighted by atomic mass is 16.5. The molecule has 0 bridgehead atoms. The predicted octanol–water partition coefficient (Wildman–Crippen LogP) is -0.0605. The second-order valence-corrected chi connectivity index (χ2v) is 4.11. The van der Waals surface area contributed by atoms with Crippen molar-refractivity contribution < 1.29 is 24.2 Å². The lowest BCUT2D eigenvalue weighted by Gasteiger charge is -2.24. The predicted molar refractivity (Wildman–Crippen MR) is 63.9 cm³/mol. The molecule has 1 amide bonds. The van der Waals surface area contributed by atoms with Crippen LogP contribution in [0.5, 0.6) is 0 Å². The maximum Gasteiger partial charge on any atom is 0.307 e. The van der Waals surface area contributed by atoms with Gasteiger partial charge in [0, 0.05) is 19.7 Å². The van der Waals surface area contributed by atoms with E-state index in [4.69, 9.17) is 14.6 Å². The topological polar surface area (TPSA) is 76.1 Å². The van der Waals surface area contributed by atoms with Crippen LogP contribution in [-0.2, 0) is 19.1 Å². The molecule has 1 rings (SSSR count). The summed E-state index contributed by atoms with van der Waals surface area (Å²) in [6.07, 6.45) is 1.31. The Kier molecular flexibility index (Phi) is 6.67. The number of esters is 1. The molecule has 0 aromatic carbocycles. The van der Waals surface area contributed by atoms with E-state index >= 15 is 0 Å². The minimum Gasteiger partial charge on any atom is -0.466 e. The molecule has 1 aliphatic rings. The lowest BCUT2D eigenvalue weighted by atomic mass is 10.2. The lowest BCUT2D eigenvalue weighted by Crippen LogP contribution is -2.41. The summed E-state index contributed by atoms with van der Waals surface area (Å²) in [6.45, 7) is 3.03. The average molecular weight is 259 g/mol. The summed E-state index contributed by atoms with van der Waals surface area (Å²) in [5, 5.41) is 8.95. The number of aliphatic hydroxyl groups is 1. The van der Waals surface area contributed by atoms with Gasteiger partial charge in [0.25, 0.3) is 5.91 Å². The first-order valence-corrected chi connectivity index (χ1v) is 6.36. The minimum absolute atomic E-state index is 0.124. The molecule has 0 saturated carbocycles. The highest BCUT2D eigenvalue weighted by molar-refractivity contribution is 5.81. The van der Waals surface area contributed by atoms with E-state index in [0.29, 0.717) is 19.6 Å². The Balaban J connectivity index is 2.42. The van der Waals surface area contributed by atoms with Gasteiger partial charge in [0.2, 0.25) is 0 Å². The zero-order chi connectivity index (χ0) is 13.4. The molecule has 1 fully saturated rings. The zero-order valence-electron chi connectivity index (χ0n) is 10.8. The molecular weight excluding hydrogens is 238 g/mol. The lowest BCUT2D eigenvalue weighted by molar-refractivity contribution is -0.146. The molecule has 1 heterocycles. The Morgan fingerprint density at radius 3 is 2.78 bits per heavy atom. The standard InChI is InChI=1S/C12H21NO5/c1-2-17-11(15)5-6-13(7-8-14)12(16)10-4-3-9-18-10/h10,14H,2-9H2,1H3. The summed E-state index contributed by atoms with van der Waals surface area (Å²) < 4.78 is 10.1. The molecule has 1 aliphatic heterocycles. The van der Waals surface area contributed by atoms with Gasteiger partial charge in [-0.15, -0.1) is 0 Å². The number of carbonyl (C=O) groups is 2. The van der Waals surface area contributed by atoms with E-state index in [1.54, 1.807) is 6.92 Å². The van der Waals surface area contributed by atoms with Crippen molar-refractivity contribution in [3.8, 4) is 0 Å². The normalized spacial score (nSPS) is 18.7. The fraction of sp³-hybridized carbons (Fsp3) is 0.833. The van der Waals surface area contributed by atoms with Crippen LogP contribution in [0.4, 0.5) is 0 Å². The molecular formula is C12H21NO5. The Hall–Kier alpha value is -1.14. The van der Waals surface area contributed by atoms with Gasteiger partial charge in [-0.3, -0.25) is 9.59 Å². The fourth-order valence-corrected chi connectivity index (χ4v) is 1.89. The third-order valence-electron chi connectivity index (χ3n) is 2.78. The highest BCUT2D eigenvalue weighted by Crippen LogP contribution is 2.14. The van der Waals surface area contributed by atoms with Gasteiger partial charge in [0.15, 0.2) is 0 Å². The monoisotopic (exact) mass is 259 g/mol. The van der Waals surface area contributed by atoms with Crippen LogP contribution in [0.3, 0.4) is 0 Å². The van der Waals surface area contributed by atoms with Crippen LogP contribution in [0.1, 0.15) is 26.2 Å². The first kappa shape index (κ1) is 14.9. The average Bonchev–Trinajstić information content (AvgIpc) is 2.87. The molecule has 0 aliphatic carbocycles. The summed E-state index contributed by atoms with van der Waals surface area (Å²) >= 11 is 0. The van der Waals surface area contributed by atoms with Crippen molar-refractivity contribution in [3.63, 3.8) is 0 Å². The molecule has 1 atom stereocenters. The zero-order valence-corrected chi connectivity index (χ0v) is 10.8. The van der Waals surface area contributed by atoms with Gasteiger partial charge in [0.1, 0.15) is 6.10 Å². The number of hydrogen-bond acceptors (Lipinski definition) is 5. The molecule has 1 N–H and O–H groups in total. The Bertz CT molecular complexity index is 276. The fourth-order valence-electron chi connectivity index (χ4n) is 1.89. The summed E-state index contributed by atoms with van der Waals surface area (Å²) in [6, 6.07) is 0. The third-order valence-corrected chi connectivity index (χ3v) is 2.78. The van der Waals surface area contributed by atoms with Crippen LogP contribution in [0.15, 0.2) is 0 Å². The minimum atomic E-state index is -0.418. The van der Waals surface area contributed by atoms with Crippen molar-refractivity contribution >= 4 is 11.9 Å².